The highest BCUT2D eigenvalue weighted by molar-refractivity contribution is 5.94. The molecule has 0 unspecified atom stereocenters. The maximum atomic E-state index is 12.5. The van der Waals surface area contributed by atoms with Crippen molar-refractivity contribution in [1.29, 1.82) is 0 Å². The van der Waals surface area contributed by atoms with Gasteiger partial charge in [0.2, 0.25) is 0 Å². The van der Waals surface area contributed by atoms with Crippen molar-refractivity contribution in [2.24, 2.45) is 0 Å². The van der Waals surface area contributed by atoms with Crippen molar-refractivity contribution in [3.05, 3.63) is 59.9 Å². The summed E-state index contributed by atoms with van der Waals surface area (Å²) in [5, 5.41) is 0. The van der Waals surface area contributed by atoms with Crippen molar-refractivity contribution in [2.75, 3.05) is 19.7 Å². The number of benzene rings is 1. The molecule has 0 radical (unpaired) electrons. The van der Waals surface area contributed by atoms with Crippen LogP contribution in [0.4, 0.5) is 0 Å². The second-order valence-corrected chi connectivity index (χ2v) is 4.95. The van der Waals surface area contributed by atoms with Crippen molar-refractivity contribution in [2.45, 2.75) is 20.3 Å². The van der Waals surface area contributed by atoms with E-state index in [4.69, 9.17) is 4.74 Å². The molecule has 1 aromatic carbocycles. The number of carbonyl (C=O) groups is 1. The van der Waals surface area contributed by atoms with Crippen LogP contribution >= 0.6 is 0 Å². The van der Waals surface area contributed by atoms with Crippen molar-refractivity contribution in [1.82, 2.24) is 9.88 Å². The number of hydrogen-bond donors (Lipinski definition) is 0. The summed E-state index contributed by atoms with van der Waals surface area (Å²) in [5.41, 5.74) is 1.88. The van der Waals surface area contributed by atoms with Gasteiger partial charge >= 0.3 is 0 Å². The molecule has 4 heteroatoms. The van der Waals surface area contributed by atoms with Crippen LogP contribution in [0.2, 0.25) is 0 Å². The van der Waals surface area contributed by atoms with Gasteiger partial charge in [-0.05, 0) is 62.2 Å². The molecule has 4 nitrogen and oxygen atoms in total. The first-order chi connectivity index (χ1) is 10.7. The van der Waals surface area contributed by atoms with Crippen LogP contribution in [0.5, 0.6) is 5.75 Å². The Morgan fingerprint density at radius 2 is 1.77 bits per heavy atom. The van der Waals surface area contributed by atoms with E-state index in [0.717, 1.165) is 12.2 Å². The molecule has 0 aliphatic rings. The van der Waals surface area contributed by atoms with E-state index in [2.05, 4.69) is 4.98 Å². The number of carbonyl (C=O) groups excluding carboxylic acids is 1. The Morgan fingerprint density at radius 3 is 2.36 bits per heavy atom. The van der Waals surface area contributed by atoms with E-state index in [0.29, 0.717) is 25.3 Å². The van der Waals surface area contributed by atoms with Gasteiger partial charge in [-0.1, -0.05) is 0 Å². The Bertz CT molecular complexity index is 582. The molecule has 22 heavy (non-hydrogen) atoms. The van der Waals surface area contributed by atoms with E-state index in [1.165, 1.54) is 5.56 Å². The molecular formula is C18H22N2O2. The summed E-state index contributed by atoms with van der Waals surface area (Å²) in [6.07, 6.45) is 4.39. The van der Waals surface area contributed by atoms with Gasteiger partial charge in [0, 0.05) is 31.0 Å². The normalized spacial score (nSPS) is 10.3. The predicted molar refractivity (Wildman–Crippen MR) is 87.1 cm³/mol. The van der Waals surface area contributed by atoms with E-state index < -0.39 is 0 Å². The Hall–Kier alpha value is -2.36. The number of ether oxygens (including phenoxy) is 1. The van der Waals surface area contributed by atoms with E-state index >= 15 is 0 Å². The van der Waals surface area contributed by atoms with Gasteiger partial charge in [-0.2, -0.15) is 0 Å². The van der Waals surface area contributed by atoms with Crippen LogP contribution in [0.25, 0.3) is 0 Å². The summed E-state index contributed by atoms with van der Waals surface area (Å²) >= 11 is 0. The Morgan fingerprint density at radius 1 is 1.09 bits per heavy atom. The maximum absolute atomic E-state index is 12.5. The van der Waals surface area contributed by atoms with E-state index in [1.54, 1.807) is 12.4 Å². The summed E-state index contributed by atoms with van der Waals surface area (Å²) in [5.74, 6) is 0.846. The molecule has 116 valence electrons. The standard InChI is InChI=1S/C18H22N2O2/c1-3-20(14-11-15-9-12-19-13-10-15)18(21)16-5-7-17(8-6-16)22-4-2/h5-10,12-13H,3-4,11,14H2,1-2H3. The Balaban J connectivity index is 1.98. The fraction of sp³-hybridized carbons (Fsp3) is 0.333. The molecule has 2 aromatic rings. The molecule has 1 aromatic heterocycles. The van der Waals surface area contributed by atoms with Gasteiger partial charge < -0.3 is 9.64 Å². The first-order valence-corrected chi connectivity index (χ1v) is 7.65. The number of pyridine rings is 1. The quantitative estimate of drug-likeness (QED) is 0.788. The van der Waals surface area contributed by atoms with Crippen LogP contribution in [0.1, 0.15) is 29.8 Å². The molecule has 0 aliphatic heterocycles. The number of amides is 1. The summed E-state index contributed by atoms with van der Waals surface area (Å²) in [6, 6.07) is 11.3. The predicted octanol–water partition coefficient (Wildman–Crippen LogP) is 3.19. The Labute approximate surface area is 131 Å². The van der Waals surface area contributed by atoms with Gasteiger partial charge in [-0.25, -0.2) is 0 Å². The summed E-state index contributed by atoms with van der Waals surface area (Å²) in [6.45, 7) is 5.96. The second kappa shape index (κ2) is 8.17. The molecule has 2 rings (SSSR count). The lowest BCUT2D eigenvalue weighted by Crippen LogP contribution is -2.32. The first-order valence-electron chi connectivity index (χ1n) is 7.65. The van der Waals surface area contributed by atoms with Gasteiger partial charge in [0.25, 0.3) is 5.91 Å². The molecule has 0 saturated carbocycles. The third-order valence-corrected chi connectivity index (χ3v) is 3.50. The van der Waals surface area contributed by atoms with Crippen molar-refractivity contribution >= 4 is 5.91 Å². The fourth-order valence-electron chi connectivity index (χ4n) is 2.26. The third-order valence-electron chi connectivity index (χ3n) is 3.50. The molecule has 0 fully saturated rings. The molecule has 1 amide bonds. The van der Waals surface area contributed by atoms with Gasteiger partial charge in [0.15, 0.2) is 0 Å². The van der Waals surface area contributed by atoms with Crippen molar-refractivity contribution < 1.29 is 9.53 Å². The topological polar surface area (TPSA) is 42.4 Å². The van der Waals surface area contributed by atoms with E-state index in [1.807, 2.05) is 55.1 Å². The zero-order valence-electron chi connectivity index (χ0n) is 13.2. The van der Waals surface area contributed by atoms with Crippen LogP contribution in [0.15, 0.2) is 48.8 Å². The number of hydrogen-bond acceptors (Lipinski definition) is 3. The fourth-order valence-corrected chi connectivity index (χ4v) is 2.26. The smallest absolute Gasteiger partial charge is 0.253 e. The van der Waals surface area contributed by atoms with Crippen LogP contribution in [-0.4, -0.2) is 35.5 Å². The van der Waals surface area contributed by atoms with Crippen LogP contribution in [0, 0.1) is 0 Å². The molecule has 0 bridgehead atoms. The zero-order chi connectivity index (χ0) is 15.8. The maximum Gasteiger partial charge on any atom is 0.253 e. The van der Waals surface area contributed by atoms with E-state index in [9.17, 15) is 4.79 Å². The van der Waals surface area contributed by atoms with Crippen molar-refractivity contribution in [3.8, 4) is 5.75 Å². The van der Waals surface area contributed by atoms with Crippen LogP contribution in [0.3, 0.4) is 0 Å². The molecule has 0 spiro atoms. The van der Waals surface area contributed by atoms with Gasteiger partial charge in [-0.15, -0.1) is 0 Å². The molecule has 1 heterocycles. The summed E-state index contributed by atoms with van der Waals surface area (Å²) < 4.78 is 5.40. The van der Waals surface area contributed by atoms with Crippen LogP contribution in [-0.2, 0) is 6.42 Å². The molecular weight excluding hydrogens is 276 g/mol. The highest BCUT2D eigenvalue weighted by Crippen LogP contribution is 2.14. The van der Waals surface area contributed by atoms with Crippen molar-refractivity contribution in [3.63, 3.8) is 0 Å². The minimum atomic E-state index is 0.0552. The minimum absolute atomic E-state index is 0.0552. The average molecular weight is 298 g/mol. The Kier molecular flexibility index (Phi) is 5.95. The lowest BCUT2D eigenvalue weighted by molar-refractivity contribution is 0.0766. The lowest BCUT2D eigenvalue weighted by Gasteiger charge is -2.21. The first kappa shape index (κ1) is 16.0. The monoisotopic (exact) mass is 298 g/mol. The highest BCUT2D eigenvalue weighted by atomic mass is 16.5. The zero-order valence-corrected chi connectivity index (χ0v) is 13.2. The summed E-state index contributed by atoms with van der Waals surface area (Å²) in [7, 11) is 0. The number of aromatic nitrogens is 1. The second-order valence-electron chi connectivity index (χ2n) is 4.95. The van der Waals surface area contributed by atoms with Gasteiger partial charge in [0.1, 0.15) is 5.75 Å². The number of likely N-dealkylation sites (N-methyl/N-ethyl adjacent to an activating group) is 1. The number of rotatable bonds is 7. The van der Waals surface area contributed by atoms with Crippen LogP contribution < -0.4 is 4.74 Å². The highest BCUT2D eigenvalue weighted by Gasteiger charge is 2.14. The largest absolute Gasteiger partial charge is 0.494 e. The number of nitrogens with zero attached hydrogens (tertiary/aromatic N) is 2. The molecule has 0 saturated heterocycles. The van der Waals surface area contributed by atoms with E-state index in [-0.39, 0.29) is 5.91 Å². The molecule has 0 N–H and O–H groups in total. The lowest BCUT2D eigenvalue weighted by atomic mass is 10.1. The average Bonchev–Trinajstić information content (AvgIpc) is 2.57. The summed E-state index contributed by atoms with van der Waals surface area (Å²) in [4.78, 5) is 18.4. The van der Waals surface area contributed by atoms with Gasteiger partial charge in [-0.3, -0.25) is 9.78 Å². The minimum Gasteiger partial charge on any atom is -0.494 e. The third kappa shape index (κ3) is 4.32. The molecule has 0 aliphatic carbocycles. The SMILES string of the molecule is CCOc1ccc(C(=O)N(CC)CCc2ccncc2)cc1. The molecule has 0 atom stereocenters. The van der Waals surface area contributed by atoms with Gasteiger partial charge in [0.05, 0.1) is 6.61 Å².